The lowest BCUT2D eigenvalue weighted by Crippen LogP contribution is -2.37. The third kappa shape index (κ3) is 1.96. The number of ether oxygens (including phenoxy) is 2. The van der Waals surface area contributed by atoms with Gasteiger partial charge in [-0.2, -0.15) is 0 Å². The molecule has 3 aliphatic rings. The topological polar surface area (TPSA) is 82.6 Å². The molecule has 0 saturated carbocycles. The average Bonchev–Trinajstić information content (AvgIpc) is 3.21. The normalized spacial score (nSPS) is 55.2. The van der Waals surface area contributed by atoms with Crippen LogP contribution in [-0.4, -0.2) is 51.6 Å². The summed E-state index contributed by atoms with van der Waals surface area (Å²) in [5.41, 5.74) is -2.07. The van der Waals surface area contributed by atoms with Crippen LogP contribution in [0, 0.1) is 5.41 Å². The van der Waals surface area contributed by atoms with Gasteiger partial charge in [0, 0.05) is 11.8 Å². The van der Waals surface area contributed by atoms with Crippen LogP contribution in [0.3, 0.4) is 0 Å². The largest absolute Gasteiger partial charge is 0.390 e. The maximum absolute atomic E-state index is 12.2. The zero-order valence-electron chi connectivity index (χ0n) is 12.3. The number of epoxide rings is 2. The smallest absolute Gasteiger partial charge is 0.189 e. The summed E-state index contributed by atoms with van der Waals surface area (Å²) in [7, 11) is 0. The Morgan fingerprint density at radius 3 is 2.45 bits per heavy atom. The molecule has 3 rings (SSSR count). The lowest BCUT2D eigenvalue weighted by atomic mass is 9.80. The molecule has 0 amide bonds. The lowest BCUT2D eigenvalue weighted by molar-refractivity contribution is -0.119. The van der Waals surface area contributed by atoms with Crippen LogP contribution in [0.25, 0.3) is 0 Å². The second kappa shape index (κ2) is 3.91. The molecular formula is C15H22O5. The molecule has 0 aromatic carbocycles. The summed E-state index contributed by atoms with van der Waals surface area (Å²) in [5, 5.41) is 20.7. The van der Waals surface area contributed by atoms with Crippen molar-refractivity contribution in [1.82, 2.24) is 0 Å². The van der Waals surface area contributed by atoms with Gasteiger partial charge in [0.2, 0.25) is 0 Å². The number of rotatable bonds is 0. The van der Waals surface area contributed by atoms with Crippen molar-refractivity contribution in [2.24, 2.45) is 5.41 Å². The number of ketones is 1. The monoisotopic (exact) mass is 282 g/mol. The Bertz CT molecular complexity index is 485. The Morgan fingerprint density at radius 2 is 1.80 bits per heavy atom. The van der Waals surface area contributed by atoms with E-state index in [0.29, 0.717) is 6.42 Å². The minimum absolute atomic E-state index is 0.163. The van der Waals surface area contributed by atoms with E-state index < -0.39 is 34.9 Å². The highest BCUT2D eigenvalue weighted by Crippen LogP contribution is 2.50. The van der Waals surface area contributed by atoms with Crippen LogP contribution in [0.4, 0.5) is 0 Å². The number of carbonyl (C=O) groups is 1. The van der Waals surface area contributed by atoms with E-state index in [1.54, 1.807) is 13.0 Å². The van der Waals surface area contributed by atoms with E-state index in [1.807, 2.05) is 20.8 Å². The molecule has 5 heteroatoms. The van der Waals surface area contributed by atoms with Gasteiger partial charge in [-0.05, 0) is 19.9 Å². The van der Waals surface area contributed by atoms with Gasteiger partial charge in [0.1, 0.15) is 12.2 Å². The molecule has 112 valence electrons. The predicted octanol–water partition coefficient (Wildman–Crippen LogP) is 0.578. The average molecular weight is 282 g/mol. The number of fused-ring (bicyclic) bond motifs is 2. The molecule has 0 aromatic rings. The maximum atomic E-state index is 12.2. The van der Waals surface area contributed by atoms with Gasteiger partial charge >= 0.3 is 0 Å². The van der Waals surface area contributed by atoms with Crippen molar-refractivity contribution in [3.63, 3.8) is 0 Å². The van der Waals surface area contributed by atoms with Crippen LogP contribution in [0.1, 0.15) is 34.1 Å². The Hall–Kier alpha value is -0.750. The Kier molecular flexibility index (Phi) is 2.78. The van der Waals surface area contributed by atoms with Gasteiger partial charge in [-0.3, -0.25) is 4.79 Å². The molecule has 2 fully saturated rings. The highest BCUT2D eigenvalue weighted by molar-refractivity contribution is 5.99. The third-order valence-electron chi connectivity index (χ3n) is 4.96. The first kappa shape index (κ1) is 14.2. The lowest BCUT2D eigenvalue weighted by Gasteiger charge is -2.27. The fourth-order valence-electron chi connectivity index (χ4n) is 3.16. The standard InChI is InChI=1S/C15H22O5/c1-13(2)6-5-9(17)15(4)11(20-15)8(16)7-14(3)12(19-14)10(13)18/h5-6,8,10-12,16,18H,7H2,1-4H3/b6-5+/t8-,10+,11+,12+,14+,15+/m0/s1. The summed E-state index contributed by atoms with van der Waals surface area (Å²) in [5.74, 6) is -0.163. The van der Waals surface area contributed by atoms with Gasteiger partial charge in [0.05, 0.1) is 17.8 Å². The van der Waals surface area contributed by atoms with Crippen molar-refractivity contribution in [3.8, 4) is 0 Å². The van der Waals surface area contributed by atoms with Crippen LogP contribution in [0.2, 0.25) is 0 Å². The molecule has 0 aromatic heterocycles. The SMILES string of the molecule is CC1(C)/C=C/C(=O)[C@@]2(C)O[C@@H]2[C@@H](O)C[C@@]2(C)O[C@@H]2[C@H]1O. The van der Waals surface area contributed by atoms with Gasteiger partial charge in [-0.15, -0.1) is 0 Å². The number of hydrogen-bond acceptors (Lipinski definition) is 5. The van der Waals surface area contributed by atoms with E-state index in [9.17, 15) is 15.0 Å². The minimum atomic E-state index is -0.942. The fourth-order valence-corrected chi connectivity index (χ4v) is 3.16. The zero-order valence-corrected chi connectivity index (χ0v) is 12.3. The summed E-state index contributed by atoms with van der Waals surface area (Å²) in [6.07, 6.45) is 1.24. The molecule has 2 N–H and O–H groups in total. The van der Waals surface area contributed by atoms with E-state index in [4.69, 9.17) is 9.47 Å². The van der Waals surface area contributed by atoms with Gasteiger partial charge in [-0.1, -0.05) is 19.9 Å². The van der Waals surface area contributed by atoms with Crippen LogP contribution >= 0.6 is 0 Å². The van der Waals surface area contributed by atoms with E-state index in [-0.39, 0.29) is 11.9 Å². The van der Waals surface area contributed by atoms with Gasteiger partial charge in [0.25, 0.3) is 0 Å². The second-order valence-corrected chi connectivity index (χ2v) is 7.23. The molecule has 1 aliphatic carbocycles. The molecule has 20 heavy (non-hydrogen) atoms. The molecule has 2 heterocycles. The molecule has 0 unspecified atom stereocenters. The van der Waals surface area contributed by atoms with Crippen LogP contribution in [-0.2, 0) is 14.3 Å². The van der Waals surface area contributed by atoms with Crippen LogP contribution in [0.5, 0.6) is 0 Å². The third-order valence-corrected chi connectivity index (χ3v) is 4.96. The molecule has 2 aliphatic heterocycles. The van der Waals surface area contributed by atoms with E-state index in [0.717, 1.165) is 0 Å². The molecule has 0 radical (unpaired) electrons. The van der Waals surface area contributed by atoms with Crippen molar-refractivity contribution in [3.05, 3.63) is 12.2 Å². The van der Waals surface area contributed by atoms with Crippen LogP contribution < -0.4 is 0 Å². The maximum Gasteiger partial charge on any atom is 0.189 e. The molecule has 6 atom stereocenters. The number of aliphatic hydroxyl groups is 2. The number of carbonyl (C=O) groups excluding carboxylic acids is 1. The first-order valence-electron chi connectivity index (χ1n) is 7.06. The first-order chi connectivity index (χ1) is 9.10. The van der Waals surface area contributed by atoms with E-state index >= 15 is 0 Å². The molecular weight excluding hydrogens is 260 g/mol. The fraction of sp³-hybridized carbons (Fsp3) is 0.800. The summed E-state index contributed by atoms with van der Waals surface area (Å²) in [6, 6.07) is 0. The van der Waals surface area contributed by atoms with Gasteiger partial charge < -0.3 is 19.7 Å². The van der Waals surface area contributed by atoms with Crippen molar-refractivity contribution in [1.29, 1.82) is 0 Å². The molecule has 2 saturated heterocycles. The highest BCUT2D eigenvalue weighted by atomic mass is 16.6. The Balaban J connectivity index is 1.93. The summed E-state index contributed by atoms with van der Waals surface area (Å²) >= 11 is 0. The predicted molar refractivity (Wildman–Crippen MR) is 71.1 cm³/mol. The van der Waals surface area contributed by atoms with Crippen LogP contribution in [0.15, 0.2) is 12.2 Å². The summed E-state index contributed by atoms with van der Waals surface area (Å²) in [4.78, 5) is 12.2. The van der Waals surface area contributed by atoms with E-state index in [2.05, 4.69) is 0 Å². The van der Waals surface area contributed by atoms with Gasteiger partial charge in [0.15, 0.2) is 11.4 Å². The van der Waals surface area contributed by atoms with E-state index in [1.165, 1.54) is 6.08 Å². The first-order valence-corrected chi connectivity index (χ1v) is 7.06. The Morgan fingerprint density at radius 1 is 1.15 bits per heavy atom. The Labute approximate surface area is 118 Å². The highest BCUT2D eigenvalue weighted by Gasteiger charge is 2.65. The summed E-state index contributed by atoms with van der Waals surface area (Å²) < 4.78 is 11.1. The molecule has 5 nitrogen and oxygen atoms in total. The molecule has 0 bridgehead atoms. The zero-order chi connectivity index (χ0) is 14.9. The van der Waals surface area contributed by atoms with Crippen molar-refractivity contribution in [2.75, 3.05) is 0 Å². The van der Waals surface area contributed by atoms with Crippen molar-refractivity contribution < 1.29 is 24.5 Å². The number of hydrogen-bond donors (Lipinski definition) is 2. The van der Waals surface area contributed by atoms with Gasteiger partial charge in [-0.25, -0.2) is 0 Å². The minimum Gasteiger partial charge on any atom is -0.390 e. The summed E-state index contributed by atoms with van der Waals surface area (Å²) in [6.45, 7) is 7.31. The second-order valence-electron chi connectivity index (χ2n) is 7.23. The quantitative estimate of drug-likeness (QED) is 0.635. The molecule has 0 spiro atoms. The number of aliphatic hydroxyl groups excluding tert-OH is 2. The van der Waals surface area contributed by atoms with Crippen molar-refractivity contribution in [2.45, 2.75) is 69.7 Å². The van der Waals surface area contributed by atoms with Crippen molar-refractivity contribution >= 4 is 5.78 Å².